The maximum atomic E-state index is 12.3. The minimum absolute atomic E-state index is 0.0172. The summed E-state index contributed by atoms with van der Waals surface area (Å²) in [5.41, 5.74) is 1.40. The lowest BCUT2D eigenvalue weighted by Gasteiger charge is -2.26. The molecular formula is C17H15ClO4. The van der Waals surface area contributed by atoms with Crippen LogP contribution in [0, 0.1) is 0 Å². The van der Waals surface area contributed by atoms with E-state index in [1.54, 1.807) is 38.5 Å². The summed E-state index contributed by atoms with van der Waals surface area (Å²) >= 11 is 5.93. The molecule has 22 heavy (non-hydrogen) atoms. The number of benzene rings is 2. The summed E-state index contributed by atoms with van der Waals surface area (Å²) in [6, 6.07) is 10.6. The van der Waals surface area contributed by atoms with Crippen molar-refractivity contribution in [2.24, 2.45) is 0 Å². The normalized spacial score (nSPS) is 16.7. The maximum absolute atomic E-state index is 12.3. The molecule has 0 spiro atoms. The smallest absolute Gasteiger partial charge is 0.170 e. The largest absolute Gasteiger partial charge is 0.493 e. The molecule has 0 N–H and O–H groups in total. The van der Waals surface area contributed by atoms with E-state index in [2.05, 4.69) is 0 Å². The van der Waals surface area contributed by atoms with Crippen molar-refractivity contribution >= 4 is 17.4 Å². The Labute approximate surface area is 133 Å². The van der Waals surface area contributed by atoms with Crippen LogP contribution >= 0.6 is 11.6 Å². The molecule has 1 atom stereocenters. The van der Waals surface area contributed by atoms with Crippen molar-refractivity contribution < 1.29 is 19.0 Å². The SMILES string of the molecule is COc1ccc([C@H]2CC(=O)c3cc(Cl)ccc3O2)cc1OC. The third-order valence-electron chi connectivity index (χ3n) is 3.66. The molecule has 0 saturated carbocycles. The summed E-state index contributed by atoms with van der Waals surface area (Å²) < 4.78 is 16.5. The molecule has 1 aliphatic heterocycles. The van der Waals surface area contributed by atoms with E-state index in [1.165, 1.54) is 0 Å². The number of fused-ring (bicyclic) bond motifs is 1. The van der Waals surface area contributed by atoms with Crippen molar-refractivity contribution in [2.75, 3.05) is 14.2 Å². The fourth-order valence-electron chi connectivity index (χ4n) is 2.54. The molecule has 4 nitrogen and oxygen atoms in total. The van der Waals surface area contributed by atoms with Gasteiger partial charge in [-0.25, -0.2) is 0 Å². The van der Waals surface area contributed by atoms with Gasteiger partial charge in [0.25, 0.3) is 0 Å². The number of Topliss-reactive ketones (excluding diaryl/α,β-unsaturated/α-hetero) is 1. The van der Waals surface area contributed by atoms with E-state index in [-0.39, 0.29) is 18.3 Å². The van der Waals surface area contributed by atoms with Crippen molar-refractivity contribution in [3.05, 3.63) is 52.5 Å². The average molecular weight is 319 g/mol. The first-order valence-electron chi connectivity index (χ1n) is 6.83. The van der Waals surface area contributed by atoms with Gasteiger partial charge in [0, 0.05) is 5.02 Å². The molecule has 1 aliphatic rings. The van der Waals surface area contributed by atoms with E-state index in [4.69, 9.17) is 25.8 Å². The van der Waals surface area contributed by atoms with Crippen LogP contribution in [0.15, 0.2) is 36.4 Å². The Balaban J connectivity index is 1.94. The summed E-state index contributed by atoms with van der Waals surface area (Å²) in [5, 5.41) is 0.528. The van der Waals surface area contributed by atoms with E-state index in [9.17, 15) is 4.79 Å². The fourth-order valence-corrected chi connectivity index (χ4v) is 2.71. The molecular weight excluding hydrogens is 304 g/mol. The second-order valence-corrected chi connectivity index (χ2v) is 5.43. The Morgan fingerprint density at radius 3 is 2.59 bits per heavy atom. The molecule has 0 fully saturated rings. The molecule has 1 heterocycles. The maximum Gasteiger partial charge on any atom is 0.170 e. The van der Waals surface area contributed by atoms with Crippen LogP contribution in [0.4, 0.5) is 0 Å². The van der Waals surface area contributed by atoms with Gasteiger partial charge in [0.1, 0.15) is 11.9 Å². The zero-order valence-electron chi connectivity index (χ0n) is 12.3. The van der Waals surface area contributed by atoms with Crippen LogP contribution in [0.25, 0.3) is 0 Å². The highest BCUT2D eigenvalue weighted by atomic mass is 35.5. The Hall–Kier alpha value is -2.20. The first-order valence-corrected chi connectivity index (χ1v) is 7.21. The van der Waals surface area contributed by atoms with Gasteiger partial charge in [-0.3, -0.25) is 4.79 Å². The Kier molecular flexibility index (Phi) is 3.94. The lowest BCUT2D eigenvalue weighted by Crippen LogP contribution is -2.20. The minimum atomic E-state index is -0.346. The van der Waals surface area contributed by atoms with Crippen LogP contribution in [0.2, 0.25) is 5.02 Å². The number of hydrogen-bond donors (Lipinski definition) is 0. The zero-order chi connectivity index (χ0) is 15.7. The van der Waals surface area contributed by atoms with E-state index in [0.29, 0.717) is 27.8 Å². The first-order chi connectivity index (χ1) is 10.6. The molecule has 0 saturated heterocycles. The fraction of sp³-hybridized carbons (Fsp3) is 0.235. The minimum Gasteiger partial charge on any atom is -0.493 e. The second kappa shape index (κ2) is 5.89. The van der Waals surface area contributed by atoms with Gasteiger partial charge in [-0.15, -0.1) is 0 Å². The molecule has 0 unspecified atom stereocenters. The zero-order valence-corrected chi connectivity index (χ0v) is 13.0. The molecule has 2 aromatic carbocycles. The highest BCUT2D eigenvalue weighted by Gasteiger charge is 2.28. The van der Waals surface area contributed by atoms with E-state index < -0.39 is 0 Å². The van der Waals surface area contributed by atoms with E-state index in [1.807, 2.05) is 12.1 Å². The number of rotatable bonds is 3. The number of halogens is 1. The molecule has 5 heteroatoms. The molecule has 0 radical (unpaired) electrons. The molecule has 2 aromatic rings. The molecule has 0 amide bonds. The Morgan fingerprint density at radius 1 is 1.09 bits per heavy atom. The monoisotopic (exact) mass is 318 g/mol. The Morgan fingerprint density at radius 2 is 1.86 bits per heavy atom. The Bertz CT molecular complexity index is 727. The average Bonchev–Trinajstić information content (AvgIpc) is 2.54. The van der Waals surface area contributed by atoms with E-state index >= 15 is 0 Å². The number of carbonyl (C=O) groups excluding carboxylic acids is 1. The second-order valence-electron chi connectivity index (χ2n) is 4.99. The lowest BCUT2D eigenvalue weighted by molar-refractivity contribution is 0.0849. The highest BCUT2D eigenvalue weighted by Crippen LogP contribution is 2.38. The summed E-state index contributed by atoms with van der Waals surface area (Å²) in [6.45, 7) is 0. The number of ketones is 1. The highest BCUT2D eigenvalue weighted by molar-refractivity contribution is 6.31. The number of methoxy groups -OCH3 is 2. The third-order valence-corrected chi connectivity index (χ3v) is 3.90. The van der Waals surface area contributed by atoms with Crippen molar-refractivity contribution in [3.8, 4) is 17.2 Å². The van der Waals surface area contributed by atoms with Crippen molar-refractivity contribution in [2.45, 2.75) is 12.5 Å². The van der Waals surface area contributed by atoms with Crippen LogP contribution < -0.4 is 14.2 Å². The van der Waals surface area contributed by atoms with Crippen LogP contribution in [-0.2, 0) is 0 Å². The van der Waals surface area contributed by atoms with Gasteiger partial charge in [-0.1, -0.05) is 17.7 Å². The lowest BCUT2D eigenvalue weighted by atomic mass is 9.96. The van der Waals surface area contributed by atoms with Crippen LogP contribution in [0.5, 0.6) is 17.2 Å². The van der Waals surface area contributed by atoms with E-state index in [0.717, 1.165) is 5.56 Å². The topological polar surface area (TPSA) is 44.8 Å². The summed E-state index contributed by atoms with van der Waals surface area (Å²) in [7, 11) is 3.16. The molecule has 0 aromatic heterocycles. The predicted molar refractivity (Wildman–Crippen MR) is 83.3 cm³/mol. The van der Waals surface area contributed by atoms with Crippen molar-refractivity contribution in [1.82, 2.24) is 0 Å². The van der Waals surface area contributed by atoms with Crippen LogP contribution in [0.3, 0.4) is 0 Å². The molecule has 3 rings (SSSR count). The predicted octanol–water partition coefficient (Wildman–Crippen LogP) is 4.06. The molecule has 0 aliphatic carbocycles. The van der Waals surface area contributed by atoms with Gasteiger partial charge in [0.05, 0.1) is 26.2 Å². The first kappa shape index (κ1) is 14.7. The van der Waals surface area contributed by atoms with Gasteiger partial charge in [0.2, 0.25) is 0 Å². The van der Waals surface area contributed by atoms with Gasteiger partial charge in [-0.05, 0) is 35.9 Å². The van der Waals surface area contributed by atoms with Gasteiger partial charge in [-0.2, -0.15) is 0 Å². The standard InChI is InChI=1S/C17H15ClO4/c1-20-15-5-3-10(7-17(15)21-2)16-9-13(19)12-8-11(18)4-6-14(12)22-16/h3-8,16H,9H2,1-2H3/t16-/m1/s1. The number of hydrogen-bond acceptors (Lipinski definition) is 4. The van der Waals surface area contributed by atoms with Gasteiger partial charge in [0.15, 0.2) is 17.3 Å². The summed E-state index contributed by atoms with van der Waals surface area (Å²) in [5.74, 6) is 1.82. The van der Waals surface area contributed by atoms with Gasteiger partial charge < -0.3 is 14.2 Å². The quantitative estimate of drug-likeness (QED) is 0.856. The summed E-state index contributed by atoms with van der Waals surface area (Å²) in [6.07, 6.45) is -0.0796. The molecule has 0 bridgehead atoms. The summed E-state index contributed by atoms with van der Waals surface area (Å²) in [4.78, 5) is 12.3. The third kappa shape index (κ3) is 2.62. The van der Waals surface area contributed by atoms with Crippen LogP contribution in [-0.4, -0.2) is 20.0 Å². The number of ether oxygens (including phenoxy) is 3. The van der Waals surface area contributed by atoms with Crippen LogP contribution in [0.1, 0.15) is 28.4 Å². The van der Waals surface area contributed by atoms with Crippen molar-refractivity contribution in [1.29, 1.82) is 0 Å². The van der Waals surface area contributed by atoms with Gasteiger partial charge >= 0.3 is 0 Å². The number of carbonyl (C=O) groups is 1. The van der Waals surface area contributed by atoms with Crippen molar-refractivity contribution in [3.63, 3.8) is 0 Å². The molecule has 114 valence electrons.